The number of ketones is 1. The summed E-state index contributed by atoms with van der Waals surface area (Å²) in [7, 11) is 1.58. The molecule has 5 N–H and O–H groups in total. The highest BCUT2D eigenvalue weighted by molar-refractivity contribution is 5.82. The van der Waals surface area contributed by atoms with Crippen molar-refractivity contribution in [3.05, 3.63) is 0 Å². The van der Waals surface area contributed by atoms with Crippen molar-refractivity contribution in [1.82, 2.24) is 5.32 Å². The summed E-state index contributed by atoms with van der Waals surface area (Å²) in [6.45, 7) is 0.587. The molecule has 0 saturated carbocycles. The molecule has 0 radical (unpaired) electrons. The molecule has 0 aromatic carbocycles. The number of carbonyl (C=O) groups is 1. The largest absolute Gasteiger partial charge is 0.370 e. The second-order valence-electron chi connectivity index (χ2n) is 2.03. The number of hydrogen-bond acceptors (Lipinski definition) is 3. The highest BCUT2D eigenvalue weighted by Crippen LogP contribution is 1.76. The molecular formula is C6H14N4O. The van der Waals surface area contributed by atoms with E-state index in [4.69, 9.17) is 11.5 Å². The Kier molecular flexibility index (Phi) is 5.10. The molecule has 0 aromatic heterocycles. The fraction of sp³-hybridized carbons (Fsp3) is 0.667. The van der Waals surface area contributed by atoms with Gasteiger partial charge in [0.25, 0.3) is 0 Å². The molecule has 0 rings (SSSR count). The smallest absolute Gasteiger partial charge is 0.188 e. The van der Waals surface area contributed by atoms with Crippen LogP contribution in [0.2, 0.25) is 0 Å². The monoisotopic (exact) mass is 158 g/mol. The molecule has 0 aromatic rings. The number of hydrogen-bond donors (Lipinski definition) is 3. The third kappa shape index (κ3) is 5.35. The van der Waals surface area contributed by atoms with E-state index in [1.54, 1.807) is 7.05 Å². The highest BCUT2D eigenvalue weighted by atomic mass is 16.1. The number of aliphatic imine (C=N–C) groups is 1. The summed E-state index contributed by atoms with van der Waals surface area (Å²) >= 11 is 0. The second-order valence-corrected chi connectivity index (χ2v) is 2.03. The summed E-state index contributed by atoms with van der Waals surface area (Å²) in [5.74, 6) is 0.358. The van der Waals surface area contributed by atoms with E-state index in [0.717, 1.165) is 0 Å². The lowest BCUT2D eigenvalue weighted by atomic mass is 10.3. The Hall–Kier alpha value is -1.10. The van der Waals surface area contributed by atoms with Gasteiger partial charge in [-0.25, -0.2) is 0 Å². The van der Waals surface area contributed by atoms with E-state index in [0.29, 0.717) is 18.9 Å². The minimum Gasteiger partial charge on any atom is -0.370 e. The molecule has 5 nitrogen and oxygen atoms in total. The topological polar surface area (TPSA) is 93.5 Å². The maximum Gasteiger partial charge on any atom is 0.188 e. The highest BCUT2D eigenvalue weighted by Gasteiger charge is 1.96. The SMILES string of the molecule is CN=C(N)NCCC(=O)CN. The van der Waals surface area contributed by atoms with Gasteiger partial charge < -0.3 is 16.8 Å². The van der Waals surface area contributed by atoms with Crippen molar-refractivity contribution in [2.24, 2.45) is 16.5 Å². The molecule has 0 atom stereocenters. The van der Waals surface area contributed by atoms with E-state index in [-0.39, 0.29) is 12.3 Å². The zero-order valence-corrected chi connectivity index (χ0v) is 6.63. The van der Waals surface area contributed by atoms with Gasteiger partial charge in [0.15, 0.2) is 5.96 Å². The Bertz CT molecular complexity index is 155. The molecule has 5 heteroatoms. The second kappa shape index (κ2) is 5.67. The summed E-state index contributed by atoms with van der Waals surface area (Å²) in [5, 5.41) is 2.75. The van der Waals surface area contributed by atoms with Gasteiger partial charge in [-0.15, -0.1) is 0 Å². The molecule has 0 amide bonds. The van der Waals surface area contributed by atoms with Crippen LogP contribution in [0.3, 0.4) is 0 Å². The number of carbonyl (C=O) groups excluding carboxylic acids is 1. The molecular weight excluding hydrogens is 144 g/mol. The fourth-order valence-electron chi connectivity index (χ4n) is 0.511. The van der Waals surface area contributed by atoms with Crippen LogP contribution in [0.5, 0.6) is 0 Å². The fourth-order valence-corrected chi connectivity index (χ4v) is 0.511. The lowest BCUT2D eigenvalue weighted by molar-refractivity contribution is -0.117. The van der Waals surface area contributed by atoms with Crippen LogP contribution >= 0.6 is 0 Å². The van der Waals surface area contributed by atoms with Gasteiger partial charge in [0.05, 0.1) is 6.54 Å². The first-order valence-corrected chi connectivity index (χ1v) is 3.38. The average Bonchev–Trinajstić information content (AvgIpc) is 2.04. The predicted octanol–water partition coefficient (Wildman–Crippen LogP) is -1.56. The third-order valence-electron chi connectivity index (χ3n) is 1.18. The predicted molar refractivity (Wildman–Crippen MR) is 44.2 cm³/mol. The van der Waals surface area contributed by atoms with E-state index < -0.39 is 0 Å². The Morgan fingerprint density at radius 2 is 2.27 bits per heavy atom. The van der Waals surface area contributed by atoms with Gasteiger partial charge in [-0.05, 0) is 0 Å². The summed E-state index contributed by atoms with van der Waals surface area (Å²) in [6, 6.07) is 0. The Balaban J connectivity index is 3.35. The normalized spacial score (nSPS) is 11.3. The van der Waals surface area contributed by atoms with Crippen molar-refractivity contribution >= 4 is 11.7 Å². The molecule has 11 heavy (non-hydrogen) atoms. The molecule has 64 valence electrons. The minimum atomic E-state index is 0.0152. The van der Waals surface area contributed by atoms with E-state index in [9.17, 15) is 4.79 Å². The minimum absolute atomic E-state index is 0.0152. The summed E-state index contributed by atoms with van der Waals surface area (Å²) in [5.41, 5.74) is 10.4. The van der Waals surface area contributed by atoms with Crippen LogP contribution < -0.4 is 16.8 Å². The van der Waals surface area contributed by atoms with Crippen LogP contribution in [-0.2, 0) is 4.79 Å². The molecule has 0 unspecified atom stereocenters. The number of rotatable bonds is 4. The van der Waals surface area contributed by atoms with E-state index >= 15 is 0 Å². The number of guanidine groups is 1. The van der Waals surface area contributed by atoms with Crippen molar-refractivity contribution in [1.29, 1.82) is 0 Å². The number of nitrogens with two attached hydrogens (primary N) is 2. The molecule has 0 spiro atoms. The Labute approximate surface area is 65.9 Å². The standard InChI is InChI=1S/C6H14N4O/c1-9-6(8)10-3-2-5(11)4-7/h2-4,7H2,1H3,(H3,8,9,10). The van der Waals surface area contributed by atoms with Crippen LogP contribution in [-0.4, -0.2) is 31.9 Å². The number of Topliss-reactive ketones (excluding diaryl/α,β-unsaturated/α-hetero) is 1. The molecule has 0 heterocycles. The lowest BCUT2D eigenvalue weighted by Crippen LogP contribution is -2.33. The van der Waals surface area contributed by atoms with Crippen LogP contribution in [0.25, 0.3) is 0 Å². The average molecular weight is 158 g/mol. The van der Waals surface area contributed by atoms with Crippen molar-refractivity contribution in [3.63, 3.8) is 0 Å². The number of nitrogens with one attached hydrogen (secondary N) is 1. The van der Waals surface area contributed by atoms with Crippen LogP contribution in [0.1, 0.15) is 6.42 Å². The van der Waals surface area contributed by atoms with Crippen LogP contribution in [0.4, 0.5) is 0 Å². The van der Waals surface area contributed by atoms with Crippen molar-refractivity contribution in [2.45, 2.75) is 6.42 Å². The summed E-state index contributed by atoms with van der Waals surface area (Å²) in [4.78, 5) is 14.3. The first-order valence-electron chi connectivity index (χ1n) is 3.38. The first kappa shape index (κ1) is 9.90. The van der Waals surface area contributed by atoms with Gasteiger partial charge in [-0.1, -0.05) is 0 Å². The molecule has 0 aliphatic heterocycles. The lowest BCUT2D eigenvalue weighted by Gasteiger charge is -2.01. The Morgan fingerprint density at radius 3 is 2.73 bits per heavy atom. The summed E-state index contributed by atoms with van der Waals surface area (Å²) < 4.78 is 0. The van der Waals surface area contributed by atoms with E-state index in [2.05, 4.69) is 10.3 Å². The van der Waals surface area contributed by atoms with Crippen molar-refractivity contribution < 1.29 is 4.79 Å². The zero-order valence-electron chi connectivity index (χ0n) is 6.63. The van der Waals surface area contributed by atoms with E-state index in [1.165, 1.54) is 0 Å². The van der Waals surface area contributed by atoms with Gasteiger partial charge in [-0.2, -0.15) is 0 Å². The van der Waals surface area contributed by atoms with E-state index in [1.807, 2.05) is 0 Å². The maximum atomic E-state index is 10.6. The molecule has 0 fully saturated rings. The van der Waals surface area contributed by atoms with Crippen LogP contribution in [0, 0.1) is 0 Å². The van der Waals surface area contributed by atoms with Gasteiger partial charge >= 0.3 is 0 Å². The molecule has 0 aliphatic rings. The van der Waals surface area contributed by atoms with Gasteiger partial charge in [0.2, 0.25) is 0 Å². The zero-order chi connectivity index (χ0) is 8.69. The first-order chi connectivity index (χ1) is 5.20. The number of nitrogens with zero attached hydrogens (tertiary/aromatic N) is 1. The maximum absolute atomic E-state index is 10.6. The Morgan fingerprint density at radius 1 is 1.64 bits per heavy atom. The molecule has 0 bridgehead atoms. The van der Waals surface area contributed by atoms with Gasteiger partial charge in [-0.3, -0.25) is 9.79 Å². The molecule has 0 aliphatic carbocycles. The van der Waals surface area contributed by atoms with Crippen LogP contribution in [0.15, 0.2) is 4.99 Å². The third-order valence-corrected chi connectivity index (χ3v) is 1.18. The van der Waals surface area contributed by atoms with Crippen molar-refractivity contribution in [2.75, 3.05) is 20.1 Å². The van der Waals surface area contributed by atoms with Crippen molar-refractivity contribution in [3.8, 4) is 0 Å². The van der Waals surface area contributed by atoms with Gasteiger partial charge in [0, 0.05) is 20.0 Å². The van der Waals surface area contributed by atoms with Gasteiger partial charge in [0.1, 0.15) is 5.78 Å². The summed E-state index contributed by atoms with van der Waals surface area (Å²) in [6.07, 6.45) is 0.396. The molecule has 0 saturated heterocycles. The quantitative estimate of drug-likeness (QED) is 0.340.